The molecule has 0 fully saturated rings. The molecule has 0 radical (unpaired) electrons. The summed E-state index contributed by atoms with van der Waals surface area (Å²) in [6, 6.07) is 47.4. The predicted octanol–water partition coefficient (Wildman–Crippen LogP) is 7.48. The summed E-state index contributed by atoms with van der Waals surface area (Å²) < 4.78 is 2.20. The third kappa shape index (κ3) is 5.16. The smallest absolute Gasteiger partial charge is 0.289 e. The summed E-state index contributed by atoms with van der Waals surface area (Å²) in [4.78, 5) is 39.0. The van der Waals surface area contributed by atoms with Crippen LogP contribution in [0.3, 0.4) is 0 Å². The third-order valence-corrected chi connectivity index (χ3v) is 8.94. The number of fused-ring (bicyclic) bond motifs is 2. The number of pyridine rings is 1. The summed E-state index contributed by atoms with van der Waals surface area (Å²) in [5.41, 5.74) is 6.78. The zero-order valence-corrected chi connectivity index (χ0v) is 26.3. The van der Waals surface area contributed by atoms with E-state index in [0.29, 0.717) is 22.9 Å². The Bertz CT molecular complexity index is 2290. The number of amides is 1. The van der Waals surface area contributed by atoms with Crippen LogP contribution in [0.4, 0.5) is 0 Å². The van der Waals surface area contributed by atoms with E-state index in [9.17, 15) is 9.59 Å². The van der Waals surface area contributed by atoms with Crippen LogP contribution in [-0.2, 0) is 10.3 Å². The van der Waals surface area contributed by atoms with E-state index in [0.717, 1.165) is 38.9 Å². The Morgan fingerprint density at radius 1 is 0.694 bits per heavy atom. The Morgan fingerprint density at radius 2 is 1.20 bits per heavy atom. The molecular weight excluding hydrogens is 608 g/mol. The fourth-order valence-electron chi connectivity index (χ4n) is 6.71. The van der Waals surface area contributed by atoms with Gasteiger partial charge in [0, 0.05) is 23.3 Å². The van der Waals surface area contributed by atoms with Crippen molar-refractivity contribution in [1.82, 2.24) is 30.0 Å². The van der Waals surface area contributed by atoms with E-state index < -0.39 is 17.5 Å². The molecule has 3 heterocycles. The van der Waals surface area contributed by atoms with Gasteiger partial charge >= 0.3 is 0 Å². The number of H-pyrrole nitrogens is 1. The average Bonchev–Trinajstić information content (AvgIpc) is 3.77. The first-order valence-corrected chi connectivity index (χ1v) is 16.0. The maximum Gasteiger partial charge on any atom is 0.289 e. The first kappa shape index (κ1) is 29.7. The van der Waals surface area contributed by atoms with Crippen molar-refractivity contribution in [3.8, 4) is 11.3 Å². The minimum absolute atomic E-state index is 0.00753. The molecule has 1 unspecified atom stereocenters. The van der Waals surface area contributed by atoms with Gasteiger partial charge in [-0.2, -0.15) is 0 Å². The van der Waals surface area contributed by atoms with Gasteiger partial charge in [0.2, 0.25) is 5.82 Å². The first-order valence-electron chi connectivity index (χ1n) is 16.0. The summed E-state index contributed by atoms with van der Waals surface area (Å²) in [5.74, 6) is -0.537. The van der Waals surface area contributed by atoms with E-state index >= 15 is 0 Å². The van der Waals surface area contributed by atoms with Gasteiger partial charge in [-0.15, -0.1) is 0 Å². The number of imidazole rings is 1. The highest BCUT2D eigenvalue weighted by Gasteiger charge is 2.40. The van der Waals surface area contributed by atoms with Crippen molar-refractivity contribution < 1.29 is 9.59 Å². The molecule has 3 aromatic heterocycles. The minimum Gasteiger partial charge on any atom is -0.336 e. The highest BCUT2D eigenvalue weighted by Crippen LogP contribution is 2.44. The van der Waals surface area contributed by atoms with Crippen LogP contribution in [-0.4, -0.2) is 36.9 Å². The number of aromatic nitrogens is 5. The molecule has 0 saturated heterocycles. The average molecular weight is 639 g/mol. The van der Waals surface area contributed by atoms with Crippen molar-refractivity contribution in [2.45, 2.75) is 11.6 Å². The lowest BCUT2D eigenvalue weighted by Crippen LogP contribution is -2.38. The van der Waals surface area contributed by atoms with Crippen LogP contribution in [0.5, 0.6) is 0 Å². The predicted molar refractivity (Wildman–Crippen MR) is 190 cm³/mol. The van der Waals surface area contributed by atoms with Gasteiger partial charge < -0.3 is 10.1 Å². The number of nitrogens with one attached hydrogen (secondary N) is 2. The van der Waals surface area contributed by atoms with Crippen LogP contribution < -0.4 is 5.32 Å². The molecule has 8 rings (SSSR count). The Hall–Kier alpha value is -6.67. The monoisotopic (exact) mass is 638 g/mol. The summed E-state index contributed by atoms with van der Waals surface area (Å²) in [5, 5.41) is 7.49. The van der Waals surface area contributed by atoms with Gasteiger partial charge in [0.05, 0.1) is 22.2 Å². The Balaban J connectivity index is 1.38. The van der Waals surface area contributed by atoms with Crippen LogP contribution >= 0.6 is 0 Å². The second-order valence-electron chi connectivity index (χ2n) is 11.8. The fourth-order valence-corrected chi connectivity index (χ4v) is 6.71. The molecule has 1 atom stereocenters. The largest absolute Gasteiger partial charge is 0.336 e. The van der Waals surface area contributed by atoms with Crippen LogP contribution in [0.1, 0.15) is 38.9 Å². The number of hydrogen-bond donors (Lipinski definition) is 2. The molecule has 0 aliphatic heterocycles. The molecule has 2 N–H and O–H groups in total. The van der Waals surface area contributed by atoms with E-state index in [1.807, 2.05) is 60.7 Å². The number of carbonyl (C=O) groups excluding carboxylic acids is 2. The second kappa shape index (κ2) is 12.5. The molecule has 0 spiro atoms. The summed E-state index contributed by atoms with van der Waals surface area (Å²) in [6.07, 6.45) is 4.25. The van der Waals surface area contributed by atoms with E-state index in [1.54, 1.807) is 24.5 Å². The summed E-state index contributed by atoms with van der Waals surface area (Å²) >= 11 is 0. The highest BCUT2D eigenvalue weighted by atomic mass is 16.2. The van der Waals surface area contributed by atoms with Crippen LogP contribution in [0.15, 0.2) is 158 Å². The number of benzene rings is 5. The topological polar surface area (TPSA) is 106 Å². The minimum atomic E-state index is -0.839. The fraction of sp³-hybridized carbons (Fsp3) is 0.0488. The van der Waals surface area contributed by atoms with Crippen molar-refractivity contribution in [1.29, 1.82) is 0 Å². The molecule has 5 aromatic carbocycles. The molecule has 0 aliphatic rings. The van der Waals surface area contributed by atoms with Crippen molar-refractivity contribution in [2.75, 3.05) is 0 Å². The molecular formula is C41H30N6O2. The van der Waals surface area contributed by atoms with E-state index in [-0.39, 0.29) is 5.82 Å². The van der Waals surface area contributed by atoms with Crippen molar-refractivity contribution in [3.63, 3.8) is 0 Å². The number of aldehydes is 1. The lowest BCUT2D eigenvalue weighted by Gasteiger charge is -2.37. The van der Waals surface area contributed by atoms with Crippen LogP contribution in [0.2, 0.25) is 0 Å². The van der Waals surface area contributed by atoms with Gasteiger partial charge in [-0.3, -0.25) is 19.6 Å². The van der Waals surface area contributed by atoms with Crippen molar-refractivity contribution in [2.24, 2.45) is 0 Å². The molecule has 8 aromatic rings. The van der Waals surface area contributed by atoms with Crippen molar-refractivity contribution >= 4 is 34.1 Å². The Kier molecular flexibility index (Phi) is 7.58. The van der Waals surface area contributed by atoms with E-state index in [4.69, 9.17) is 4.98 Å². The van der Waals surface area contributed by atoms with Crippen LogP contribution in [0.25, 0.3) is 33.2 Å². The SMILES string of the molecule is O=CC(NC(=O)c1nc2cc3c(-c4ccncc4)[nH]n(C(c4ccccc4)(c4ccccc4)c4ccccc4)c3cc2n1)c1ccccc1. The lowest BCUT2D eigenvalue weighted by atomic mass is 9.77. The molecule has 0 aliphatic carbocycles. The van der Waals surface area contributed by atoms with E-state index in [2.05, 4.69) is 97.9 Å². The zero-order valence-electron chi connectivity index (χ0n) is 26.3. The molecule has 0 bridgehead atoms. The molecule has 8 heteroatoms. The molecule has 8 nitrogen and oxygen atoms in total. The zero-order chi connectivity index (χ0) is 33.2. The number of carbonyl (C=O) groups is 2. The first-order chi connectivity index (χ1) is 24.2. The van der Waals surface area contributed by atoms with E-state index in [1.165, 1.54) is 0 Å². The quantitative estimate of drug-likeness (QED) is 0.126. The lowest BCUT2D eigenvalue weighted by molar-refractivity contribution is -0.109. The maximum absolute atomic E-state index is 13.4. The number of rotatable bonds is 9. The Labute approximate surface area is 282 Å². The Morgan fingerprint density at radius 3 is 1.73 bits per heavy atom. The molecule has 49 heavy (non-hydrogen) atoms. The number of nitrogens with zero attached hydrogens (tertiary/aromatic N) is 4. The second-order valence-corrected chi connectivity index (χ2v) is 11.8. The standard InChI is InChI=1S/C41H30N6O2/c48-27-36(28-13-5-1-6-14-28)45-40(49)39-43-34-25-33-37(26-35(34)44-39)47(46-38(33)29-21-23-42-24-22-29)41(30-15-7-2-8-16-30,31-17-9-3-10-18-31)32-19-11-4-12-20-32/h1-27,36,46H,(H,45,49). The number of aromatic amines is 1. The summed E-state index contributed by atoms with van der Waals surface area (Å²) in [6.45, 7) is 0. The number of hydrogen-bond acceptors (Lipinski definition) is 5. The van der Waals surface area contributed by atoms with Gasteiger partial charge in [-0.05, 0) is 46.5 Å². The summed E-state index contributed by atoms with van der Waals surface area (Å²) in [7, 11) is 0. The normalized spacial score (nSPS) is 12.2. The van der Waals surface area contributed by atoms with Gasteiger partial charge in [-0.25, -0.2) is 9.97 Å². The molecule has 236 valence electrons. The third-order valence-electron chi connectivity index (χ3n) is 8.94. The molecule has 1 amide bonds. The highest BCUT2D eigenvalue weighted by molar-refractivity contribution is 6.03. The van der Waals surface area contributed by atoms with Gasteiger partial charge in [0.1, 0.15) is 17.9 Å². The maximum atomic E-state index is 13.4. The van der Waals surface area contributed by atoms with Crippen molar-refractivity contribution in [3.05, 3.63) is 186 Å². The molecule has 0 saturated carbocycles. The van der Waals surface area contributed by atoms with Gasteiger partial charge in [0.25, 0.3) is 5.91 Å². The van der Waals surface area contributed by atoms with Gasteiger partial charge in [-0.1, -0.05) is 121 Å². The van der Waals surface area contributed by atoms with Crippen LogP contribution in [0, 0.1) is 0 Å². The van der Waals surface area contributed by atoms with Gasteiger partial charge in [0.15, 0.2) is 0 Å².